The lowest BCUT2D eigenvalue weighted by Gasteiger charge is -2.10. The summed E-state index contributed by atoms with van der Waals surface area (Å²) in [7, 11) is 0. The highest BCUT2D eigenvalue weighted by molar-refractivity contribution is 6.40. The van der Waals surface area contributed by atoms with E-state index in [2.05, 4.69) is 4.98 Å². The molecule has 0 saturated carbocycles. The second-order valence-electron chi connectivity index (χ2n) is 3.86. The summed E-state index contributed by atoms with van der Waals surface area (Å²) in [5, 5.41) is 10.6. The number of carbonyl (C=O) groups is 1. The van der Waals surface area contributed by atoms with Crippen LogP contribution in [-0.4, -0.2) is 10.9 Å². The fourth-order valence-electron chi connectivity index (χ4n) is 1.56. The van der Waals surface area contributed by atoms with E-state index in [4.69, 9.17) is 28.5 Å². The highest BCUT2D eigenvalue weighted by atomic mass is 35.5. The molecular weight excluding hydrogens is 323 g/mol. The van der Waals surface area contributed by atoms with Gasteiger partial charge < -0.3 is 5.32 Å². The van der Waals surface area contributed by atoms with Gasteiger partial charge in [-0.25, -0.2) is 8.78 Å². The standard InChI is InChI=1S/C13H5Cl2F2N3O/c14-7-1-6(3-18)2-8(15)11(7)13(21)20-12-9(16)4-19-5-10(12)17/h1-2,4-5H,(H,19,20,21). The molecule has 2 rings (SSSR count). The van der Waals surface area contributed by atoms with E-state index < -0.39 is 23.2 Å². The lowest BCUT2D eigenvalue weighted by molar-refractivity contribution is 0.102. The molecular formula is C13H5Cl2F2N3O. The van der Waals surface area contributed by atoms with Crippen LogP contribution in [-0.2, 0) is 0 Å². The number of halogens is 4. The minimum atomic E-state index is -1.04. The number of nitrogens with zero attached hydrogens (tertiary/aromatic N) is 2. The molecule has 0 radical (unpaired) electrons. The average molecular weight is 328 g/mol. The maximum Gasteiger partial charge on any atom is 0.258 e. The molecule has 1 aromatic carbocycles. The molecule has 0 aliphatic carbocycles. The van der Waals surface area contributed by atoms with E-state index in [0.29, 0.717) is 0 Å². The molecule has 0 fully saturated rings. The largest absolute Gasteiger partial charge is 0.317 e. The fraction of sp³-hybridized carbons (Fsp3) is 0. The zero-order chi connectivity index (χ0) is 15.6. The quantitative estimate of drug-likeness (QED) is 0.912. The van der Waals surface area contributed by atoms with Crippen LogP contribution in [0.4, 0.5) is 14.5 Å². The highest BCUT2D eigenvalue weighted by Gasteiger charge is 2.19. The Morgan fingerprint density at radius 2 is 1.71 bits per heavy atom. The number of pyridine rings is 1. The van der Waals surface area contributed by atoms with E-state index in [-0.39, 0.29) is 21.2 Å². The third-order valence-corrected chi connectivity index (χ3v) is 3.09. The van der Waals surface area contributed by atoms with Crippen LogP contribution in [0.2, 0.25) is 10.0 Å². The predicted molar refractivity (Wildman–Crippen MR) is 73.3 cm³/mol. The number of anilines is 1. The number of hydrogen-bond acceptors (Lipinski definition) is 3. The van der Waals surface area contributed by atoms with E-state index in [9.17, 15) is 13.6 Å². The van der Waals surface area contributed by atoms with Crippen molar-refractivity contribution in [3.63, 3.8) is 0 Å². The predicted octanol–water partition coefficient (Wildman–Crippen LogP) is 3.79. The maximum atomic E-state index is 13.4. The summed E-state index contributed by atoms with van der Waals surface area (Å²) < 4.78 is 26.8. The third-order valence-electron chi connectivity index (χ3n) is 2.49. The monoisotopic (exact) mass is 327 g/mol. The van der Waals surface area contributed by atoms with Crippen LogP contribution in [0.3, 0.4) is 0 Å². The number of nitrogens with one attached hydrogen (secondary N) is 1. The van der Waals surface area contributed by atoms with E-state index in [1.54, 1.807) is 0 Å². The molecule has 0 atom stereocenters. The van der Waals surface area contributed by atoms with Crippen LogP contribution in [0.25, 0.3) is 0 Å². The minimum absolute atomic E-state index is 0.105. The molecule has 0 saturated heterocycles. The summed E-state index contributed by atoms with van der Waals surface area (Å²) in [6, 6.07) is 4.26. The van der Waals surface area contributed by atoms with Crippen LogP contribution in [0.5, 0.6) is 0 Å². The number of hydrogen-bond donors (Lipinski definition) is 1. The van der Waals surface area contributed by atoms with Crippen molar-refractivity contribution in [3.8, 4) is 6.07 Å². The van der Waals surface area contributed by atoms with Gasteiger partial charge in [-0.05, 0) is 12.1 Å². The molecule has 1 heterocycles. The Hall–Kier alpha value is -2.23. The Labute approximate surface area is 127 Å². The molecule has 21 heavy (non-hydrogen) atoms. The van der Waals surface area contributed by atoms with E-state index in [1.807, 2.05) is 11.4 Å². The number of carbonyl (C=O) groups excluding carboxylic acids is 1. The van der Waals surface area contributed by atoms with Crippen molar-refractivity contribution in [1.29, 1.82) is 5.26 Å². The Bertz CT molecular complexity index is 731. The smallest absolute Gasteiger partial charge is 0.258 e. The van der Waals surface area contributed by atoms with Gasteiger partial charge in [-0.15, -0.1) is 0 Å². The molecule has 106 valence electrons. The van der Waals surface area contributed by atoms with Crippen molar-refractivity contribution in [1.82, 2.24) is 4.98 Å². The summed E-state index contributed by atoms with van der Waals surface area (Å²) in [6.07, 6.45) is 1.50. The normalized spacial score (nSPS) is 10.0. The van der Waals surface area contributed by atoms with Gasteiger partial charge in [0.05, 0.1) is 39.6 Å². The van der Waals surface area contributed by atoms with Gasteiger partial charge in [0.25, 0.3) is 5.91 Å². The lowest BCUT2D eigenvalue weighted by Crippen LogP contribution is -2.15. The molecule has 0 unspecified atom stereocenters. The van der Waals surface area contributed by atoms with Crippen molar-refractivity contribution in [2.45, 2.75) is 0 Å². The van der Waals surface area contributed by atoms with Crippen LogP contribution in [0.15, 0.2) is 24.5 Å². The molecule has 8 heteroatoms. The maximum absolute atomic E-state index is 13.4. The van der Waals surface area contributed by atoms with Crippen molar-refractivity contribution < 1.29 is 13.6 Å². The van der Waals surface area contributed by atoms with Gasteiger partial charge in [-0.2, -0.15) is 5.26 Å². The summed E-state index contributed by atoms with van der Waals surface area (Å²) in [4.78, 5) is 15.3. The molecule has 1 aromatic heterocycles. The van der Waals surface area contributed by atoms with Gasteiger partial charge >= 0.3 is 0 Å². The Morgan fingerprint density at radius 1 is 1.19 bits per heavy atom. The second-order valence-corrected chi connectivity index (χ2v) is 4.67. The van der Waals surface area contributed by atoms with Crippen LogP contribution in [0, 0.1) is 23.0 Å². The van der Waals surface area contributed by atoms with Gasteiger partial charge in [0, 0.05) is 0 Å². The molecule has 2 aromatic rings. The number of amides is 1. The van der Waals surface area contributed by atoms with E-state index >= 15 is 0 Å². The van der Waals surface area contributed by atoms with E-state index in [0.717, 1.165) is 12.4 Å². The first-order valence-electron chi connectivity index (χ1n) is 5.43. The molecule has 1 amide bonds. The molecule has 0 spiro atoms. The zero-order valence-corrected chi connectivity index (χ0v) is 11.6. The first-order chi connectivity index (χ1) is 9.93. The van der Waals surface area contributed by atoms with Gasteiger partial charge in [0.2, 0.25) is 0 Å². The Kier molecular flexibility index (Phi) is 4.36. The van der Waals surface area contributed by atoms with E-state index in [1.165, 1.54) is 12.1 Å². The van der Waals surface area contributed by atoms with Crippen molar-refractivity contribution in [2.75, 3.05) is 5.32 Å². The summed E-state index contributed by atoms with van der Waals surface area (Å²) in [6.45, 7) is 0. The molecule has 0 bridgehead atoms. The second kappa shape index (κ2) is 6.04. The fourth-order valence-corrected chi connectivity index (χ4v) is 2.22. The van der Waals surface area contributed by atoms with Crippen LogP contribution in [0.1, 0.15) is 15.9 Å². The summed E-state index contributed by atoms with van der Waals surface area (Å²) in [5.41, 5.74) is -0.692. The van der Waals surface area contributed by atoms with Crippen LogP contribution >= 0.6 is 23.2 Å². The number of rotatable bonds is 2. The van der Waals surface area contributed by atoms with Crippen molar-refractivity contribution in [2.24, 2.45) is 0 Å². The van der Waals surface area contributed by atoms with Gasteiger partial charge in [0.1, 0.15) is 5.69 Å². The molecule has 1 N–H and O–H groups in total. The number of aromatic nitrogens is 1. The number of nitriles is 1. The molecule has 4 nitrogen and oxygen atoms in total. The average Bonchev–Trinajstić information content (AvgIpc) is 2.42. The number of benzene rings is 1. The zero-order valence-electron chi connectivity index (χ0n) is 10.1. The lowest BCUT2D eigenvalue weighted by atomic mass is 10.1. The van der Waals surface area contributed by atoms with Crippen LogP contribution < -0.4 is 5.32 Å². The topological polar surface area (TPSA) is 65.8 Å². The highest BCUT2D eigenvalue weighted by Crippen LogP contribution is 2.28. The first-order valence-corrected chi connectivity index (χ1v) is 6.19. The first kappa shape index (κ1) is 15.2. The minimum Gasteiger partial charge on any atom is -0.317 e. The molecule has 0 aliphatic heterocycles. The van der Waals surface area contributed by atoms with Crippen molar-refractivity contribution in [3.05, 3.63) is 57.3 Å². The van der Waals surface area contributed by atoms with Gasteiger partial charge in [-0.1, -0.05) is 23.2 Å². The Morgan fingerprint density at radius 3 is 2.19 bits per heavy atom. The summed E-state index contributed by atoms with van der Waals surface area (Å²) >= 11 is 11.7. The third kappa shape index (κ3) is 3.10. The Balaban J connectivity index is 2.40. The SMILES string of the molecule is N#Cc1cc(Cl)c(C(=O)Nc2c(F)cncc2F)c(Cl)c1. The van der Waals surface area contributed by atoms with Crippen molar-refractivity contribution >= 4 is 34.8 Å². The van der Waals surface area contributed by atoms with Gasteiger partial charge in [-0.3, -0.25) is 9.78 Å². The summed E-state index contributed by atoms with van der Waals surface area (Å²) in [5.74, 6) is -2.98. The van der Waals surface area contributed by atoms with Gasteiger partial charge in [0.15, 0.2) is 11.6 Å². The molecule has 0 aliphatic rings.